The highest BCUT2D eigenvalue weighted by atomic mass is 14.8. The Bertz CT molecular complexity index is 2590. The Kier molecular flexibility index (Phi) is 5.37. The molecule has 0 atom stereocenters. The molecular weight excluding hydrogens is 569 g/mol. The van der Waals surface area contributed by atoms with E-state index in [2.05, 4.69) is 153 Å². The normalized spacial score (nSPS) is 13.5. The first kappa shape index (κ1) is 26.4. The van der Waals surface area contributed by atoms with Crippen molar-refractivity contribution in [1.29, 1.82) is 0 Å². The molecule has 2 nitrogen and oxygen atoms in total. The fourth-order valence-corrected chi connectivity index (χ4v) is 8.27. The van der Waals surface area contributed by atoms with Crippen molar-refractivity contribution in [2.45, 2.75) is 19.3 Å². The van der Waals surface area contributed by atoms with Crippen LogP contribution in [0.3, 0.4) is 0 Å². The van der Waals surface area contributed by atoms with Gasteiger partial charge in [0, 0.05) is 16.5 Å². The van der Waals surface area contributed by atoms with E-state index < -0.39 is 0 Å². The Hall–Kier alpha value is -5.86. The van der Waals surface area contributed by atoms with Crippen LogP contribution in [0, 0.1) is 0 Å². The van der Waals surface area contributed by atoms with Crippen molar-refractivity contribution in [2.75, 3.05) is 0 Å². The lowest BCUT2D eigenvalue weighted by Gasteiger charge is -2.26. The molecule has 0 fully saturated rings. The van der Waals surface area contributed by atoms with Gasteiger partial charge in [-0.15, -0.1) is 0 Å². The first-order chi connectivity index (χ1) is 23.1. The van der Waals surface area contributed by atoms with E-state index in [9.17, 15) is 0 Å². The van der Waals surface area contributed by atoms with Gasteiger partial charge in [0.25, 0.3) is 0 Å². The summed E-state index contributed by atoms with van der Waals surface area (Å²) in [4.78, 5) is 10.8. The van der Waals surface area contributed by atoms with E-state index in [1.54, 1.807) is 0 Å². The van der Waals surface area contributed by atoms with Gasteiger partial charge >= 0.3 is 0 Å². The van der Waals surface area contributed by atoms with Crippen molar-refractivity contribution in [3.8, 4) is 67.0 Å². The van der Waals surface area contributed by atoms with Crippen LogP contribution in [0.1, 0.15) is 25.0 Å². The lowest BCUT2D eigenvalue weighted by molar-refractivity contribution is 0.662. The summed E-state index contributed by atoms with van der Waals surface area (Å²) in [5.74, 6) is 0. The Morgan fingerprint density at radius 2 is 1.04 bits per heavy atom. The minimum absolute atomic E-state index is 0.250. The summed E-state index contributed by atoms with van der Waals surface area (Å²) >= 11 is 0. The molecule has 2 heteroatoms. The van der Waals surface area contributed by atoms with E-state index in [1.807, 2.05) is 6.07 Å². The molecule has 47 heavy (non-hydrogen) atoms. The number of nitrogens with zero attached hydrogens (tertiary/aromatic N) is 2. The molecule has 0 bridgehead atoms. The summed E-state index contributed by atoms with van der Waals surface area (Å²) in [5.41, 5.74) is 18.5. The SMILES string of the molecule is CC1(C)c2ccc3cccc4c3c2-c2c(ccc(-c3nc5ccccc5nc3-c3cccc(-c5ccccc5)c3)c21)-c1ccccc1-4. The Morgan fingerprint density at radius 3 is 1.85 bits per heavy atom. The number of para-hydroxylation sites is 2. The van der Waals surface area contributed by atoms with Gasteiger partial charge in [-0.3, -0.25) is 0 Å². The number of fused-ring (bicyclic) bond motifs is 4. The van der Waals surface area contributed by atoms with E-state index in [1.165, 1.54) is 66.4 Å². The third-order valence-electron chi connectivity index (χ3n) is 10.4. The Balaban J connectivity index is 1.32. The largest absolute Gasteiger partial charge is 0.244 e. The van der Waals surface area contributed by atoms with Crippen LogP contribution in [-0.4, -0.2) is 9.97 Å². The molecule has 0 N–H and O–H groups in total. The molecule has 0 saturated heterocycles. The van der Waals surface area contributed by atoms with Gasteiger partial charge in [0.2, 0.25) is 0 Å². The molecule has 2 aliphatic rings. The predicted octanol–water partition coefficient (Wildman–Crippen LogP) is 11.7. The van der Waals surface area contributed by atoms with Crippen LogP contribution >= 0.6 is 0 Å². The van der Waals surface area contributed by atoms with Gasteiger partial charge in [-0.1, -0.05) is 141 Å². The van der Waals surface area contributed by atoms with Crippen molar-refractivity contribution in [1.82, 2.24) is 9.97 Å². The molecule has 1 heterocycles. The van der Waals surface area contributed by atoms with Crippen molar-refractivity contribution < 1.29 is 0 Å². The van der Waals surface area contributed by atoms with Crippen molar-refractivity contribution in [2.24, 2.45) is 0 Å². The molecule has 0 unspecified atom stereocenters. The first-order valence-corrected chi connectivity index (χ1v) is 16.3. The van der Waals surface area contributed by atoms with Crippen molar-refractivity contribution in [3.05, 3.63) is 157 Å². The summed E-state index contributed by atoms with van der Waals surface area (Å²) in [5, 5.41) is 2.63. The van der Waals surface area contributed by atoms with Crippen LogP contribution in [-0.2, 0) is 5.41 Å². The topological polar surface area (TPSA) is 25.8 Å². The third-order valence-corrected chi connectivity index (χ3v) is 10.4. The van der Waals surface area contributed by atoms with Gasteiger partial charge in [-0.2, -0.15) is 0 Å². The molecule has 0 radical (unpaired) electrons. The van der Waals surface area contributed by atoms with Gasteiger partial charge in [0.05, 0.1) is 22.4 Å². The number of rotatable bonds is 3. The molecule has 0 amide bonds. The average molecular weight is 599 g/mol. The molecule has 7 aromatic carbocycles. The van der Waals surface area contributed by atoms with Crippen LogP contribution < -0.4 is 0 Å². The molecular formula is C45H30N2. The molecule has 10 rings (SSSR count). The maximum Gasteiger partial charge on any atom is 0.0976 e. The molecule has 0 saturated carbocycles. The van der Waals surface area contributed by atoms with Gasteiger partial charge in [0.1, 0.15) is 0 Å². The van der Waals surface area contributed by atoms with Gasteiger partial charge in [0.15, 0.2) is 0 Å². The van der Waals surface area contributed by atoms with Crippen LogP contribution in [0.15, 0.2) is 146 Å². The summed E-state index contributed by atoms with van der Waals surface area (Å²) in [6, 6.07) is 52.5. The highest BCUT2D eigenvalue weighted by Gasteiger charge is 2.42. The minimum Gasteiger partial charge on any atom is -0.244 e. The van der Waals surface area contributed by atoms with E-state index in [0.29, 0.717) is 0 Å². The first-order valence-electron chi connectivity index (χ1n) is 16.3. The monoisotopic (exact) mass is 598 g/mol. The Labute approximate surface area is 274 Å². The van der Waals surface area contributed by atoms with Gasteiger partial charge < -0.3 is 0 Å². The molecule has 1 aromatic heterocycles. The summed E-state index contributed by atoms with van der Waals surface area (Å²) in [7, 11) is 0. The molecule has 0 spiro atoms. The number of hydrogen-bond acceptors (Lipinski definition) is 2. The van der Waals surface area contributed by atoms with Gasteiger partial charge in [-0.05, 0) is 84.6 Å². The quantitative estimate of drug-likeness (QED) is 0.202. The highest BCUT2D eigenvalue weighted by Crippen LogP contribution is 2.60. The zero-order chi connectivity index (χ0) is 31.3. The fraction of sp³-hybridized carbons (Fsp3) is 0.0667. The van der Waals surface area contributed by atoms with Crippen LogP contribution in [0.2, 0.25) is 0 Å². The molecule has 2 aliphatic carbocycles. The zero-order valence-electron chi connectivity index (χ0n) is 26.3. The van der Waals surface area contributed by atoms with Crippen LogP contribution in [0.5, 0.6) is 0 Å². The van der Waals surface area contributed by atoms with Crippen LogP contribution in [0.4, 0.5) is 0 Å². The minimum atomic E-state index is -0.250. The Morgan fingerprint density at radius 1 is 0.426 bits per heavy atom. The molecule has 0 aliphatic heterocycles. The lowest BCUT2D eigenvalue weighted by atomic mass is 9.77. The number of aromatic nitrogens is 2. The van der Waals surface area contributed by atoms with Crippen LogP contribution in [0.25, 0.3) is 88.8 Å². The van der Waals surface area contributed by atoms with E-state index >= 15 is 0 Å². The standard InChI is InChI=1S/C45H30N2/c1-45(2)36-25-22-28-14-11-19-33-31-17-6-7-18-32(31)34-23-24-35(42(45)40(34)41(36)39(28)33)44-43(46-37-20-8-9-21-38(37)47-44)30-16-10-15-29(26-30)27-12-4-3-5-13-27/h3-26H,1-2H3. The smallest absolute Gasteiger partial charge is 0.0976 e. The second-order valence-corrected chi connectivity index (χ2v) is 13.3. The fourth-order valence-electron chi connectivity index (χ4n) is 8.27. The number of hydrogen-bond donors (Lipinski definition) is 0. The highest BCUT2D eigenvalue weighted by molar-refractivity contribution is 6.17. The predicted molar refractivity (Wildman–Crippen MR) is 195 cm³/mol. The summed E-state index contributed by atoms with van der Waals surface area (Å²) in [6.45, 7) is 4.77. The van der Waals surface area contributed by atoms with Crippen molar-refractivity contribution in [3.63, 3.8) is 0 Å². The van der Waals surface area contributed by atoms with E-state index in [4.69, 9.17) is 9.97 Å². The van der Waals surface area contributed by atoms with E-state index in [-0.39, 0.29) is 5.41 Å². The summed E-state index contributed by atoms with van der Waals surface area (Å²) in [6.07, 6.45) is 0. The van der Waals surface area contributed by atoms with E-state index in [0.717, 1.165) is 33.5 Å². The number of benzene rings is 7. The molecule has 8 aromatic rings. The average Bonchev–Trinajstić information content (AvgIpc) is 3.29. The lowest BCUT2D eigenvalue weighted by Crippen LogP contribution is -2.17. The maximum absolute atomic E-state index is 5.44. The van der Waals surface area contributed by atoms with Gasteiger partial charge in [-0.25, -0.2) is 9.97 Å². The zero-order valence-corrected chi connectivity index (χ0v) is 26.3. The second kappa shape index (κ2) is 9.57. The second-order valence-electron chi connectivity index (χ2n) is 13.3. The molecule has 220 valence electrons. The summed E-state index contributed by atoms with van der Waals surface area (Å²) < 4.78 is 0. The van der Waals surface area contributed by atoms with Crippen molar-refractivity contribution >= 4 is 21.8 Å². The third kappa shape index (κ3) is 3.67. The maximum atomic E-state index is 5.44.